The zero-order chi connectivity index (χ0) is 11.1. The Labute approximate surface area is 92.3 Å². The van der Waals surface area contributed by atoms with Crippen LogP contribution >= 0.6 is 0 Å². The van der Waals surface area contributed by atoms with Crippen molar-refractivity contribution in [3.63, 3.8) is 0 Å². The Morgan fingerprint density at radius 2 is 2.20 bits per heavy atom. The van der Waals surface area contributed by atoms with Gasteiger partial charge in [0, 0.05) is 19.3 Å². The molecule has 0 radical (unpaired) electrons. The molecule has 1 rings (SSSR count). The first-order valence-corrected chi connectivity index (χ1v) is 5.67. The fraction of sp³-hybridized carbons (Fsp3) is 0.583. The lowest BCUT2D eigenvalue weighted by Crippen LogP contribution is -2.24. The molecule has 0 spiro atoms. The van der Waals surface area contributed by atoms with Gasteiger partial charge in [0.1, 0.15) is 0 Å². The van der Waals surface area contributed by atoms with E-state index in [1.54, 1.807) is 0 Å². The molecular formula is C12H21N3. The van der Waals surface area contributed by atoms with Gasteiger partial charge in [-0.1, -0.05) is 19.9 Å². The first-order chi connectivity index (χ1) is 7.31. The molecule has 0 saturated carbocycles. The van der Waals surface area contributed by atoms with E-state index in [1.807, 2.05) is 12.3 Å². The Balaban J connectivity index is 2.69. The second-order valence-corrected chi connectivity index (χ2v) is 3.68. The van der Waals surface area contributed by atoms with Crippen molar-refractivity contribution in [3.8, 4) is 0 Å². The summed E-state index contributed by atoms with van der Waals surface area (Å²) in [5.41, 5.74) is 7.94. The second-order valence-electron chi connectivity index (χ2n) is 3.68. The molecule has 0 bridgehead atoms. The lowest BCUT2D eigenvalue weighted by molar-refractivity contribution is 0.279. The first kappa shape index (κ1) is 12.1. The van der Waals surface area contributed by atoms with E-state index in [0.29, 0.717) is 6.54 Å². The number of hydrogen-bond acceptors (Lipinski definition) is 3. The summed E-state index contributed by atoms with van der Waals surface area (Å²) in [6, 6.07) is 4.10. The molecule has 1 heterocycles. The third-order valence-corrected chi connectivity index (χ3v) is 2.56. The van der Waals surface area contributed by atoms with Crippen molar-refractivity contribution in [2.45, 2.75) is 33.4 Å². The number of aromatic nitrogens is 1. The van der Waals surface area contributed by atoms with Crippen LogP contribution in [-0.2, 0) is 13.1 Å². The van der Waals surface area contributed by atoms with Gasteiger partial charge in [0.05, 0.1) is 5.69 Å². The van der Waals surface area contributed by atoms with Gasteiger partial charge >= 0.3 is 0 Å². The van der Waals surface area contributed by atoms with Crippen LogP contribution in [0, 0.1) is 0 Å². The Morgan fingerprint density at radius 3 is 2.80 bits per heavy atom. The van der Waals surface area contributed by atoms with Crippen LogP contribution < -0.4 is 5.73 Å². The van der Waals surface area contributed by atoms with Gasteiger partial charge in [-0.3, -0.25) is 9.88 Å². The van der Waals surface area contributed by atoms with Crippen LogP contribution in [0.1, 0.15) is 31.5 Å². The van der Waals surface area contributed by atoms with Crippen LogP contribution in [0.3, 0.4) is 0 Å². The predicted molar refractivity (Wildman–Crippen MR) is 63.4 cm³/mol. The molecule has 15 heavy (non-hydrogen) atoms. The van der Waals surface area contributed by atoms with E-state index in [9.17, 15) is 0 Å². The van der Waals surface area contributed by atoms with E-state index in [1.165, 1.54) is 12.0 Å². The topological polar surface area (TPSA) is 42.2 Å². The maximum absolute atomic E-state index is 5.66. The summed E-state index contributed by atoms with van der Waals surface area (Å²) in [5, 5.41) is 0. The SMILES string of the molecule is CCCN(CC)Cc1cccnc1CN. The van der Waals surface area contributed by atoms with Gasteiger partial charge < -0.3 is 5.73 Å². The smallest absolute Gasteiger partial charge is 0.0584 e. The number of rotatable bonds is 6. The molecular weight excluding hydrogens is 186 g/mol. The molecule has 0 aliphatic heterocycles. The summed E-state index contributed by atoms with van der Waals surface area (Å²) in [4.78, 5) is 6.71. The fourth-order valence-corrected chi connectivity index (χ4v) is 1.71. The summed E-state index contributed by atoms with van der Waals surface area (Å²) in [7, 11) is 0. The Kier molecular flexibility index (Phi) is 5.29. The third-order valence-electron chi connectivity index (χ3n) is 2.56. The van der Waals surface area contributed by atoms with E-state index >= 15 is 0 Å². The average Bonchev–Trinajstić information content (AvgIpc) is 2.29. The highest BCUT2D eigenvalue weighted by Gasteiger charge is 2.06. The number of nitrogens with two attached hydrogens (primary N) is 1. The zero-order valence-electron chi connectivity index (χ0n) is 9.74. The van der Waals surface area contributed by atoms with Gasteiger partial charge in [-0.05, 0) is 31.1 Å². The van der Waals surface area contributed by atoms with E-state index in [0.717, 1.165) is 25.3 Å². The maximum atomic E-state index is 5.66. The monoisotopic (exact) mass is 207 g/mol. The fourth-order valence-electron chi connectivity index (χ4n) is 1.71. The highest BCUT2D eigenvalue weighted by Crippen LogP contribution is 2.08. The lowest BCUT2D eigenvalue weighted by atomic mass is 10.1. The molecule has 0 aliphatic carbocycles. The Bertz CT molecular complexity index is 286. The minimum Gasteiger partial charge on any atom is -0.325 e. The van der Waals surface area contributed by atoms with Crippen LogP contribution in [0.5, 0.6) is 0 Å². The van der Waals surface area contributed by atoms with Gasteiger partial charge in [-0.25, -0.2) is 0 Å². The summed E-state index contributed by atoms with van der Waals surface area (Å²) in [6.45, 7) is 8.09. The molecule has 0 aliphatic rings. The maximum Gasteiger partial charge on any atom is 0.0584 e. The molecule has 3 heteroatoms. The summed E-state index contributed by atoms with van der Waals surface area (Å²) < 4.78 is 0. The molecule has 0 unspecified atom stereocenters. The number of pyridine rings is 1. The summed E-state index contributed by atoms with van der Waals surface area (Å²) in [6.07, 6.45) is 2.99. The molecule has 0 amide bonds. The van der Waals surface area contributed by atoms with E-state index in [2.05, 4.69) is 29.8 Å². The van der Waals surface area contributed by atoms with Crippen LogP contribution in [0.2, 0.25) is 0 Å². The average molecular weight is 207 g/mol. The molecule has 3 nitrogen and oxygen atoms in total. The van der Waals surface area contributed by atoms with Crippen molar-refractivity contribution in [2.75, 3.05) is 13.1 Å². The molecule has 0 saturated heterocycles. The zero-order valence-corrected chi connectivity index (χ0v) is 9.74. The van der Waals surface area contributed by atoms with Crippen molar-refractivity contribution < 1.29 is 0 Å². The first-order valence-electron chi connectivity index (χ1n) is 5.67. The van der Waals surface area contributed by atoms with E-state index in [4.69, 9.17) is 5.73 Å². The van der Waals surface area contributed by atoms with E-state index in [-0.39, 0.29) is 0 Å². The van der Waals surface area contributed by atoms with Crippen LogP contribution in [0.25, 0.3) is 0 Å². The molecule has 2 N–H and O–H groups in total. The van der Waals surface area contributed by atoms with E-state index < -0.39 is 0 Å². The van der Waals surface area contributed by atoms with Crippen molar-refractivity contribution in [1.82, 2.24) is 9.88 Å². The van der Waals surface area contributed by atoms with Gasteiger partial charge in [0.15, 0.2) is 0 Å². The molecule has 0 atom stereocenters. The lowest BCUT2D eigenvalue weighted by Gasteiger charge is -2.20. The van der Waals surface area contributed by atoms with Crippen molar-refractivity contribution >= 4 is 0 Å². The summed E-state index contributed by atoms with van der Waals surface area (Å²) >= 11 is 0. The second kappa shape index (κ2) is 6.53. The number of nitrogens with zero attached hydrogens (tertiary/aromatic N) is 2. The molecule has 0 fully saturated rings. The largest absolute Gasteiger partial charge is 0.325 e. The van der Waals surface area contributed by atoms with Crippen LogP contribution in [0.4, 0.5) is 0 Å². The van der Waals surface area contributed by atoms with Gasteiger partial charge in [-0.2, -0.15) is 0 Å². The molecule has 84 valence electrons. The highest BCUT2D eigenvalue weighted by atomic mass is 15.1. The van der Waals surface area contributed by atoms with Crippen molar-refractivity contribution in [1.29, 1.82) is 0 Å². The predicted octanol–water partition coefficient (Wildman–Crippen LogP) is 1.77. The van der Waals surface area contributed by atoms with Gasteiger partial charge in [0.25, 0.3) is 0 Å². The quantitative estimate of drug-likeness (QED) is 0.773. The molecule has 1 aromatic heterocycles. The third kappa shape index (κ3) is 3.61. The van der Waals surface area contributed by atoms with Gasteiger partial charge in [0.2, 0.25) is 0 Å². The molecule has 0 aromatic carbocycles. The highest BCUT2D eigenvalue weighted by molar-refractivity contribution is 5.19. The van der Waals surface area contributed by atoms with Crippen molar-refractivity contribution in [3.05, 3.63) is 29.6 Å². The Hall–Kier alpha value is -0.930. The normalized spacial score (nSPS) is 10.9. The summed E-state index contributed by atoms with van der Waals surface area (Å²) in [5.74, 6) is 0. The van der Waals surface area contributed by atoms with Crippen molar-refractivity contribution in [2.24, 2.45) is 5.73 Å². The molecule has 1 aromatic rings. The minimum atomic E-state index is 0.528. The minimum absolute atomic E-state index is 0.528. The van der Waals surface area contributed by atoms with Gasteiger partial charge in [-0.15, -0.1) is 0 Å². The van der Waals surface area contributed by atoms with Crippen LogP contribution in [-0.4, -0.2) is 23.0 Å². The van der Waals surface area contributed by atoms with Crippen LogP contribution in [0.15, 0.2) is 18.3 Å². The number of hydrogen-bond donors (Lipinski definition) is 1. The standard InChI is InChI=1S/C12H21N3/c1-3-8-15(4-2)10-11-6-5-7-14-12(11)9-13/h5-7H,3-4,8-10,13H2,1-2H3. The Morgan fingerprint density at radius 1 is 1.40 bits per heavy atom.